The maximum absolute atomic E-state index is 2.46. The molecule has 0 atom stereocenters. The van der Waals surface area contributed by atoms with Crippen molar-refractivity contribution in [3.8, 4) is 50.2 Å². The molecule has 1 heterocycles. The molecule has 1 fully saturated rings. The molecule has 0 aliphatic heterocycles. The number of rotatable bonds is 9. The predicted octanol–water partition coefficient (Wildman–Crippen LogP) is 18.1. The van der Waals surface area contributed by atoms with Crippen LogP contribution in [0.5, 0.6) is 0 Å². The van der Waals surface area contributed by atoms with E-state index in [4.69, 9.17) is 0 Å². The third kappa shape index (κ3) is 7.25. The van der Waals surface area contributed by atoms with Crippen molar-refractivity contribution < 1.29 is 0 Å². The highest BCUT2D eigenvalue weighted by Crippen LogP contribution is 2.46. The molecule has 1 saturated carbocycles. The second-order valence-corrected chi connectivity index (χ2v) is 17.9. The molecule has 0 spiro atoms. The first-order chi connectivity index (χ1) is 32.7. The molecule has 1 aromatic heterocycles. The van der Waals surface area contributed by atoms with Gasteiger partial charge in [-0.15, -0.1) is 0 Å². The summed E-state index contributed by atoms with van der Waals surface area (Å²) in [6.45, 7) is 0. The van der Waals surface area contributed by atoms with Gasteiger partial charge < -0.3 is 9.47 Å². The Morgan fingerprint density at radius 2 is 0.879 bits per heavy atom. The van der Waals surface area contributed by atoms with Crippen LogP contribution in [-0.4, -0.2) is 4.57 Å². The summed E-state index contributed by atoms with van der Waals surface area (Å²) >= 11 is 0. The van der Waals surface area contributed by atoms with E-state index in [0.29, 0.717) is 5.92 Å². The molecule has 1 aliphatic rings. The third-order valence-electron chi connectivity index (χ3n) is 14.0. The molecule has 0 bridgehead atoms. The Balaban J connectivity index is 0.969. The molecule has 0 radical (unpaired) electrons. The van der Waals surface area contributed by atoms with Crippen molar-refractivity contribution in [2.75, 3.05) is 4.90 Å². The van der Waals surface area contributed by atoms with Crippen molar-refractivity contribution in [3.63, 3.8) is 0 Å². The Kier molecular flexibility index (Phi) is 10.3. The van der Waals surface area contributed by atoms with Crippen molar-refractivity contribution in [2.24, 2.45) is 0 Å². The number of para-hydroxylation sites is 3. The van der Waals surface area contributed by atoms with Gasteiger partial charge in [0.05, 0.1) is 16.7 Å². The zero-order valence-corrected chi connectivity index (χ0v) is 37.0. The lowest BCUT2D eigenvalue weighted by molar-refractivity contribution is 0.445. The average Bonchev–Trinajstić information content (AvgIpc) is 3.73. The van der Waals surface area contributed by atoms with E-state index in [0.717, 1.165) is 17.1 Å². The highest BCUT2D eigenvalue weighted by Gasteiger charge is 2.23. The Morgan fingerprint density at radius 1 is 0.364 bits per heavy atom. The van der Waals surface area contributed by atoms with Crippen molar-refractivity contribution >= 4 is 49.6 Å². The van der Waals surface area contributed by atoms with Gasteiger partial charge in [-0.05, 0) is 135 Å². The van der Waals surface area contributed by atoms with Crippen LogP contribution >= 0.6 is 0 Å². The Labute approximate surface area is 387 Å². The summed E-state index contributed by atoms with van der Waals surface area (Å²) in [6, 6.07) is 87.1. The molecule has 1 aliphatic carbocycles. The normalized spacial score (nSPS) is 13.1. The number of nitrogens with zero attached hydrogens (tertiary/aromatic N) is 2. The average molecular weight is 847 g/mol. The zero-order valence-electron chi connectivity index (χ0n) is 37.0. The van der Waals surface area contributed by atoms with Crippen LogP contribution in [0.3, 0.4) is 0 Å². The molecule has 2 heteroatoms. The highest BCUT2D eigenvalue weighted by molar-refractivity contribution is 6.10. The van der Waals surface area contributed by atoms with Crippen LogP contribution in [0.15, 0.2) is 237 Å². The van der Waals surface area contributed by atoms with Crippen molar-refractivity contribution in [2.45, 2.75) is 38.0 Å². The number of fused-ring (bicyclic) bond motifs is 4. The van der Waals surface area contributed by atoms with E-state index in [-0.39, 0.29) is 0 Å². The summed E-state index contributed by atoms with van der Waals surface area (Å²) < 4.78 is 2.38. The Hall–Kier alpha value is -7.94. The lowest BCUT2D eigenvalue weighted by atomic mass is 9.80. The molecular formula is C64H50N2. The van der Waals surface area contributed by atoms with Gasteiger partial charge in [-0.1, -0.05) is 195 Å². The van der Waals surface area contributed by atoms with E-state index in [9.17, 15) is 0 Å². The van der Waals surface area contributed by atoms with Gasteiger partial charge in [0, 0.05) is 33.4 Å². The molecule has 0 saturated heterocycles. The van der Waals surface area contributed by atoms with Gasteiger partial charge >= 0.3 is 0 Å². The van der Waals surface area contributed by atoms with E-state index in [1.165, 1.54) is 120 Å². The number of hydrogen-bond acceptors (Lipinski definition) is 1. The van der Waals surface area contributed by atoms with Gasteiger partial charge in [-0.25, -0.2) is 0 Å². The first-order valence-corrected chi connectivity index (χ1v) is 23.6. The third-order valence-corrected chi connectivity index (χ3v) is 14.0. The van der Waals surface area contributed by atoms with Gasteiger partial charge in [0.25, 0.3) is 0 Å². The Morgan fingerprint density at radius 3 is 1.58 bits per heavy atom. The van der Waals surface area contributed by atoms with Gasteiger partial charge in [-0.3, -0.25) is 0 Å². The quantitative estimate of drug-likeness (QED) is 0.140. The number of hydrogen-bond donors (Lipinski definition) is 0. The molecule has 0 N–H and O–H groups in total. The molecular weight excluding hydrogens is 797 g/mol. The lowest BCUT2D eigenvalue weighted by Gasteiger charge is -2.29. The van der Waals surface area contributed by atoms with Crippen LogP contribution in [0, 0.1) is 0 Å². The summed E-state index contributed by atoms with van der Waals surface area (Å²) in [4.78, 5) is 2.46. The summed E-state index contributed by atoms with van der Waals surface area (Å²) in [5.74, 6) is 0.586. The van der Waals surface area contributed by atoms with E-state index in [1.807, 2.05) is 0 Å². The van der Waals surface area contributed by atoms with Gasteiger partial charge in [-0.2, -0.15) is 0 Å². The van der Waals surface area contributed by atoms with Gasteiger partial charge in [0.15, 0.2) is 0 Å². The molecule has 2 nitrogen and oxygen atoms in total. The fourth-order valence-electron chi connectivity index (χ4n) is 10.8. The minimum Gasteiger partial charge on any atom is -0.310 e. The molecule has 10 aromatic carbocycles. The molecule has 0 amide bonds. The fourth-order valence-corrected chi connectivity index (χ4v) is 10.8. The topological polar surface area (TPSA) is 8.17 Å². The highest BCUT2D eigenvalue weighted by atomic mass is 15.1. The van der Waals surface area contributed by atoms with Crippen molar-refractivity contribution in [1.82, 2.24) is 4.57 Å². The second kappa shape index (κ2) is 17.2. The van der Waals surface area contributed by atoms with Crippen LogP contribution in [0.25, 0.3) is 82.8 Å². The first-order valence-electron chi connectivity index (χ1n) is 23.6. The summed E-state index contributed by atoms with van der Waals surface area (Å²) in [7, 11) is 0. The standard InChI is InChI=1S/C64H50N2/c1-4-16-45(17-5-1)46-30-32-47(33-31-46)48-34-39-54(40-35-48)65(61-28-12-10-24-57(61)59-27-15-21-51-20-14-26-56(64(51)59)50-18-6-2-7-19-50)55-41-36-49(37-42-55)52-38-43-63-60(44-52)58-25-11-13-29-62(58)66(63)53-22-8-3-9-23-53/h1,3-5,8-17,20-44,50H,2,6-7,18-19H2. The van der Waals surface area contributed by atoms with Crippen LogP contribution in [0.2, 0.25) is 0 Å². The maximum Gasteiger partial charge on any atom is 0.0541 e. The largest absolute Gasteiger partial charge is 0.310 e. The minimum absolute atomic E-state index is 0.586. The van der Waals surface area contributed by atoms with Crippen LogP contribution < -0.4 is 4.90 Å². The van der Waals surface area contributed by atoms with E-state index in [1.54, 1.807) is 0 Å². The SMILES string of the molecule is c1ccc(-c2ccc(-c3ccc(N(c4ccc(-c5ccc6c(c5)c5ccccc5n6-c5ccccc5)cc4)c4ccccc4-c4cccc5cccc(C6CCCCC6)c45)cc3)cc2)cc1. The number of benzene rings is 10. The fraction of sp³-hybridized carbons (Fsp3) is 0.0938. The van der Waals surface area contributed by atoms with E-state index in [2.05, 4.69) is 246 Å². The summed E-state index contributed by atoms with van der Waals surface area (Å²) in [6.07, 6.45) is 6.48. The van der Waals surface area contributed by atoms with Crippen LogP contribution in [-0.2, 0) is 0 Å². The Bertz CT molecular complexity index is 3460. The van der Waals surface area contributed by atoms with E-state index >= 15 is 0 Å². The molecule has 0 unspecified atom stereocenters. The number of anilines is 3. The van der Waals surface area contributed by atoms with Crippen LogP contribution in [0.4, 0.5) is 17.1 Å². The van der Waals surface area contributed by atoms with Crippen molar-refractivity contribution in [3.05, 3.63) is 242 Å². The maximum atomic E-state index is 2.46. The summed E-state index contributed by atoms with van der Waals surface area (Å²) in [5.41, 5.74) is 18.2. The van der Waals surface area contributed by atoms with Crippen LogP contribution in [0.1, 0.15) is 43.6 Å². The monoisotopic (exact) mass is 846 g/mol. The molecule has 66 heavy (non-hydrogen) atoms. The first kappa shape index (κ1) is 39.6. The predicted molar refractivity (Wildman–Crippen MR) is 281 cm³/mol. The lowest BCUT2D eigenvalue weighted by Crippen LogP contribution is -2.11. The van der Waals surface area contributed by atoms with Gasteiger partial charge in [0.2, 0.25) is 0 Å². The van der Waals surface area contributed by atoms with E-state index < -0.39 is 0 Å². The van der Waals surface area contributed by atoms with Crippen molar-refractivity contribution in [1.29, 1.82) is 0 Å². The molecule has 316 valence electrons. The summed E-state index contributed by atoms with van der Waals surface area (Å²) in [5, 5.41) is 5.22. The molecule has 12 rings (SSSR count). The second-order valence-electron chi connectivity index (χ2n) is 17.9. The minimum atomic E-state index is 0.586. The zero-order chi connectivity index (χ0) is 43.8. The van der Waals surface area contributed by atoms with Gasteiger partial charge in [0.1, 0.15) is 0 Å². The molecule has 11 aromatic rings. The number of aromatic nitrogens is 1. The smallest absolute Gasteiger partial charge is 0.0541 e.